The molecule has 1 aliphatic rings. The number of allylic oxidation sites excluding steroid dienone is 2. The molecular formula is C15H24O2S2. The van der Waals surface area contributed by atoms with Gasteiger partial charge in [-0.2, -0.15) is 0 Å². The van der Waals surface area contributed by atoms with Crippen molar-refractivity contribution in [2.45, 2.75) is 42.6 Å². The van der Waals surface area contributed by atoms with E-state index in [0.29, 0.717) is 4.08 Å². The summed E-state index contributed by atoms with van der Waals surface area (Å²) in [7, 11) is 1.41. The largest absolute Gasteiger partial charge is 0.466 e. The van der Waals surface area contributed by atoms with Crippen molar-refractivity contribution in [3.05, 3.63) is 24.8 Å². The van der Waals surface area contributed by atoms with Gasteiger partial charge in [0.2, 0.25) is 0 Å². The maximum atomic E-state index is 11.0. The number of hydrogen-bond donors (Lipinski definition) is 0. The van der Waals surface area contributed by atoms with Crippen LogP contribution in [0.5, 0.6) is 0 Å². The summed E-state index contributed by atoms with van der Waals surface area (Å²) in [6.07, 6.45) is 12.4. The Morgan fingerprint density at radius 2 is 2.05 bits per heavy atom. The Bertz CT molecular complexity index is 307. The molecule has 0 aromatic rings. The van der Waals surface area contributed by atoms with E-state index in [4.69, 9.17) is 0 Å². The van der Waals surface area contributed by atoms with Crippen molar-refractivity contribution < 1.29 is 9.53 Å². The van der Waals surface area contributed by atoms with Crippen molar-refractivity contribution in [2.24, 2.45) is 0 Å². The second-order valence-corrected chi connectivity index (χ2v) is 7.82. The fourth-order valence-corrected chi connectivity index (χ4v) is 5.54. The Morgan fingerprint density at radius 1 is 1.32 bits per heavy atom. The molecule has 0 aromatic carbocycles. The summed E-state index contributed by atoms with van der Waals surface area (Å²) in [6, 6.07) is 0. The van der Waals surface area contributed by atoms with Gasteiger partial charge in [-0.15, -0.1) is 30.1 Å². The molecule has 0 unspecified atom stereocenters. The van der Waals surface area contributed by atoms with Crippen molar-refractivity contribution in [1.82, 2.24) is 0 Å². The fourth-order valence-electron chi connectivity index (χ4n) is 2.10. The first-order valence-electron chi connectivity index (χ1n) is 6.86. The first-order valence-corrected chi connectivity index (χ1v) is 8.83. The van der Waals surface area contributed by atoms with Crippen LogP contribution in [0.1, 0.15) is 38.5 Å². The van der Waals surface area contributed by atoms with Gasteiger partial charge in [0.1, 0.15) is 0 Å². The summed E-state index contributed by atoms with van der Waals surface area (Å²) in [5, 5.41) is 0. The van der Waals surface area contributed by atoms with Crippen LogP contribution in [0.3, 0.4) is 0 Å². The minimum absolute atomic E-state index is 0.260. The quantitative estimate of drug-likeness (QED) is 0.287. The molecule has 0 aromatic heterocycles. The van der Waals surface area contributed by atoms with E-state index in [0.717, 1.165) is 19.3 Å². The molecule has 0 N–H and O–H groups in total. The molecule has 1 saturated heterocycles. The number of rotatable bonds is 8. The lowest BCUT2D eigenvalue weighted by Gasteiger charge is -2.36. The van der Waals surface area contributed by atoms with E-state index in [2.05, 4.69) is 34.8 Å². The number of carbonyl (C=O) groups is 1. The maximum Gasteiger partial charge on any atom is 0.330 e. The van der Waals surface area contributed by atoms with Gasteiger partial charge < -0.3 is 4.74 Å². The molecule has 1 rings (SSSR count). The molecule has 0 amide bonds. The van der Waals surface area contributed by atoms with Gasteiger partial charge in [0.05, 0.1) is 11.2 Å². The van der Waals surface area contributed by atoms with Crippen LogP contribution in [0.4, 0.5) is 0 Å². The van der Waals surface area contributed by atoms with Gasteiger partial charge in [-0.05, 0) is 50.0 Å². The predicted octanol–water partition coefficient (Wildman–Crippen LogP) is 4.42. The van der Waals surface area contributed by atoms with Gasteiger partial charge in [0.15, 0.2) is 0 Å². The Morgan fingerprint density at radius 3 is 2.68 bits per heavy atom. The topological polar surface area (TPSA) is 26.3 Å². The monoisotopic (exact) mass is 300 g/mol. The molecule has 0 bridgehead atoms. The Balaban J connectivity index is 2.42. The minimum atomic E-state index is -0.260. The standard InChI is InChI=1S/C15H24O2S2/c1-3-4-6-10-15(18-12-8-13-19-15)11-7-5-9-14(16)17-2/h3,5,9H,1,4,6-8,10-13H2,2H3/b9-5+. The molecule has 0 atom stereocenters. The van der Waals surface area contributed by atoms with Crippen molar-refractivity contribution in [2.75, 3.05) is 18.6 Å². The molecule has 2 nitrogen and oxygen atoms in total. The number of thioether (sulfide) groups is 2. The van der Waals surface area contributed by atoms with E-state index >= 15 is 0 Å². The van der Waals surface area contributed by atoms with Crippen molar-refractivity contribution in [3.8, 4) is 0 Å². The normalized spacial score (nSPS) is 18.4. The number of ether oxygens (including phenoxy) is 1. The van der Waals surface area contributed by atoms with Gasteiger partial charge in [-0.25, -0.2) is 4.79 Å². The van der Waals surface area contributed by atoms with Crippen LogP contribution in [-0.4, -0.2) is 28.7 Å². The number of hydrogen-bond acceptors (Lipinski definition) is 4. The number of esters is 1. The molecule has 1 fully saturated rings. The molecule has 0 radical (unpaired) electrons. The van der Waals surface area contributed by atoms with Crippen LogP contribution < -0.4 is 0 Å². The average molecular weight is 300 g/mol. The SMILES string of the molecule is C=CCCCC1(CC/C=C/C(=O)OC)SCCCS1. The molecule has 4 heteroatoms. The summed E-state index contributed by atoms with van der Waals surface area (Å²) in [5.41, 5.74) is 0. The molecule has 0 saturated carbocycles. The molecule has 1 aliphatic heterocycles. The second kappa shape index (κ2) is 9.54. The lowest BCUT2D eigenvalue weighted by molar-refractivity contribution is -0.134. The third-order valence-corrected chi connectivity index (χ3v) is 6.69. The molecule has 0 aliphatic carbocycles. The number of carbonyl (C=O) groups excluding carboxylic acids is 1. The maximum absolute atomic E-state index is 11.0. The highest BCUT2D eigenvalue weighted by molar-refractivity contribution is 8.18. The van der Waals surface area contributed by atoms with Gasteiger partial charge in [-0.3, -0.25) is 0 Å². The predicted molar refractivity (Wildman–Crippen MR) is 86.7 cm³/mol. The number of unbranched alkanes of at least 4 members (excludes halogenated alkanes) is 1. The van der Waals surface area contributed by atoms with Gasteiger partial charge in [0.25, 0.3) is 0 Å². The zero-order valence-corrected chi connectivity index (χ0v) is 13.4. The van der Waals surface area contributed by atoms with Gasteiger partial charge >= 0.3 is 5.97 Å². The van der Waals surface area contributed by atoms with Crippen LogP contribution in [0.15, 0.2) is 24.8 Å². The third-order valence-electron chi connectivity index (χ3n) is 3.13. The summed E-state index contributed by atoms with van der Waals surface area (Å²) >= 11 is 4.21. The van der Waals surface area contributed by atoms with E-state index in [1.807, 2.05) is 12.2 Å². The summed E-state index contributed by atoms with van der Waals surface area (Å²) in [5.74, 6) is 2.27. The highest BCUT2D eigenvalue weighted by atomic mass is 32.2. The molecule has 1 heterocycles. The van der Waals surface area contributed by atoms with Crippen molar-refractivity contribution in [1.29, 1.82) is 0 Å². The zero-order valence-electron chi connectivity index (χ0n) is 11.7. The lowest BCUT2D eigenvalue weighted by Crippen LogP contribution is -2.25. The van der Waals surface area contributed by atoms with Crippen LogP contribution in [0.25, 0.3) is 0 Å². The highest BCUT2D eigenvalue weighted by Gasteiger charge is 2.32. The highest BCUT2D eigenvalue weighted by Crippen LogP contribution is 2.48. The molecule has 0 spiro atoms. The Kier molecular flexibility index (Phi) is 8.38. The Hall–Kier alpha value is -0.350. The molecule has 108 valence electrons. The van der Waals surface area contributed by atoms with Crippen molar-refractivity contribution >= 4 is 29.5 Å². The van der Waals surface area contributed by atoms with E-state index in [-0.39, 0.29) is 5.97 Å². The van der Waals surface area contributed by atoms with Gasteiger partial charge in [0, 0.05) is 6.08 Å². The van der Waals surface area contributed by atoms with Crippen molar-refractivity contribution in [3.63, 3.8) is 0 Å². The van der Waals surface area contributed by atoms with E-state index in [1.165, 1.54) is 44.0 Å². The average Bonchev–Trinajstić information content (AvgIpc) is 2.45. The summed E-state index contributed by atoms with van der Waals surface area (Å²) < 4.78 is 4.95. The summed E-state index contributed by atoms with van der Waals surface area (Å²) in [4.78, 5) is 11.0. The van der Waals surface area contributed by atoms with E-state index in [9.17, 15) is 4.79 Å². The molecule has 19 heavy (non-hydrogen) atoms. The van der Waals surface area contributed by atoms with Crippen LogP contribution >= 0.6 is 23.5 Å². The van der Waals surface area contributed by atoms with Crippen LogP contribution in [-0.2, 0) is 9.53 Å². The minimum Gasteiger partial charge on any atom is -0.466 e. The third kappa shape index (κ3) is 6.57. The molecular weight excluding hydrogens is 276 g/mol. The van der Waals surface area contributed by atoms with E-state index < -0.39 is 0 Å². The first-order chi connectivity index (χ1) is 9.22. The van der Waals surface area contributed by atoms with Crippen LogP contribution in [0.2, 0.25) is 0 Å². The number of methoxy groups -OCH3 is 1. The smallest absolute Gasteiger partial charge is 0.330 e. The van der Waals surface area contributed by atoms with Gasteiger partial charge in [-0.1, -0.05) is 12.2 Å². The first kappa shape index (κ1) is 16.7. The Labute approximate surface area is 125 Å². The lowest BCUT2D eigenvalue weighted by atomic mass is 10.1. The van der Waals surface area contributed by atoms with Crippen LogP contribution in [0, 0.1) is 0 Å². The summed E-state index contributed by atoms with van der Waals surface area (Å²) in [6.45, 7) is 3.79. The second-order valence-electron chi connectivity index (χ2n) is 4.61. The van der Waals surface area contributed by atoms with E-state index in [1.54, 1.807) is 0 Å². The fraction of sp³-hybridized carbons (Fsp3) is 0.667. The zero-order chi connectivity index (χ0) is 14.0.